The van der Waals surface area contributed by atoms with Gasteiger partial charge in [0.15, 0.2) is 0 Å². The van der Waals surface area contributed by atoms with Gasteiger partial charge in [-0.3, -0.25) is 0 Å². The molecule has 1 heterocycles. The SMILES string of the molecule is COc1cccc(-c2sc(C(=O)O)c(N)c2C(C)C)c1. The van der Waals surface area contributed by atoms with E-state index in [0.717, 1.165) is 21.8 Å². The second-order valence-electron chi connectivity index (χ2n) is 4.78. The smallest absolute Gasteiger partial charge is 0.348 e. The number of nitrogens with two attached hydrogens (primary N) is 1. The maximum Gasteiger partial charge on any atom is 0.348 e. The zero-order valence-electron chi connectivity index (χ0n) is 11.6. The van der Waals surface area contributed by atoms with E-state index in [4.69, 9.17) is 10.5 Å². The lowest BCUT2D eigenvalue weighted by Crippen LogP contribution is -2.00. The van der Waals surface area contributed by atoms with Gasteiger partial charge in [0.05, 0.1) is 12.8 Å². The number of ether oxygens (including phenoxy) is 1. The summed E-state index contributed by atoms with van der Waals surface area (Å²) >= 11 is 1.21. The number of carbonyl (C=O) groups is 1. The van der Waals surface area contributed by atoms with Gasteiger partial charge in [-0.25, -0.2) is 4.79 Å². The molecule has 0 saturated heterocycles. The van der Waals surface area contributed by atoms with Crippen LogP contribution in [-0.2, 0) is 0 Å². The van der Waals surface area contributed by atoms with Crippen LogP contribution in [-0.4, -0.2) is 18.2 Å². The van der Waals surface area contributed by atoms with Crippen LogP contribution < -0.4 is 10.5 Å². The predicted octanol–water partition coefficient (Wildman–Crippen LogP) is 3.83. The molecule has 1 aromatic carbocycles. The number of nitrogen functional groups attached to an aromatic ring is 1. The number of hydrogen-bond donors (Lipinski definition) is 2. The van der Waals surface area contributed by atoms with E-state index in [1.54, 1.807) is 7.11 Å². The van der Waals surface area contributed by atoms with Gasteiger partial charge in [-0.2, -0.15) is 0 Å². The summed E-state index contributed by atoms with van der Waals surface area (Å²) in [5, 5.41) is 9.24. The van der Waals surface area contributed by atoms with Crippen LogP contribution >= 0.6 is 11.3 Å². The molecule has 0 unspecified atom stereocenters. The van der Waals surface area contributed by atoms with Crippen LogP contribution in [0.5, 0.6) is 5.75 Å². The van der Waals surface area contributed by atoms with Gasteiger partial charge in [-0.1, -0.05) is 26.0 Å². The van der Waals surface area contributed by atoms with E-state index in [-0.39, 0.29) is 10.8 Å². The largest absolute Gasteiger partial charge is 0.497 e. The number of anilines is 1. The summed E-state index contributed by atoms with van der Waals surface area (Å²) in [6, 6.07) is 7.57. The Morgan fingerprint density at radius 2 is 2.10 bits per heavy atom. The van der Waals surface area contributed by atoms with Crippen molar-refractivity contribution in [3.05, 3.63) is 34.7 Å². The summed E-state index contributed by atoms with van der Waals surface area (Å²) in [4.78, 5) is 12.4. The Kier molecular flexibility index (Phi) is 3.99. The van der Waals surface area contributed by atoms with Crippen LogP contribution in [0.15, 0.2) is 24.3 Å². The van der Waals surface area contributed by atoms with Crippen molar-refractivity contribution in [3.8, 4) is 16.2 Å². The summed E-state index contributed by atoms with van der Waals surface area (Å²) < 4.78 is 5.22. The Morgan fingerprint density at radius 3 is 2.65 bits per heavy atom. The van der Waals surface area contributed by atoms with E-state index in [9.17, 15) is 9.90 Å². The fourth-order valence-corrected chi connectivity index (χ4v) is 3.38. The third kappa shape index (κ3) is 2.49. The molecule has 0 amide bonds. The molecule has 0 atom stereocenters. The first-order valence-corrected chi connectivity index (χ1v) is 7.07. The van der Waals surface area contributed by atoms with Crippen molar-refractivity contribution in [1.29, 1.82) is 0 Å². The summed E-state index contributed by atoms with van der Waals surface area (Å²) in [6.07, 6.45) is 0. The molecule has 3 N–H and O–H groups in total. The average molecular weight is 291 g/mol. The third-order valence-electron chi connectivity index (χ3n) is 3.09. The molecule has 106 valence electrons. The molecule has 20 heavy (non-hydrogen) atoms. The number of hydrogen-bond acceptors (Lipinski definition) is 4. The Morgan fingerprint density at radius 1 is 1.40 bits per heavy atom. The molecule has 0 fully saturated rings. The van der Waals surface area contributed by atoms with E-state index < -0.39 is 5.97 Å². The minimum absolute atomic E-state index is 0.153. The van der Waals surface area contributed by atoms with Crippen LogP contribution in [0.2, 0.25) is 0 Å². The first kappa shape index (κ1) is 14.4. The molecule has 0 spiro atoms. The lowest BCUT2D eigenvalue weighted by atomic mass is 9.98. The van der Waals surface area contributed by atoms with Gasteiger partial charge in [0, 0.05) is 4.88 Å². The van der Waals surface area contributed by atoms with Gasteiger partial charge in [-0.05, 0) is 29.2 Å². The standard InChI is InChI=1S/C15H17NO3S/c1-8(2)11-12(16)14(15(17)18)20-13(11)9-5-4-6-10(7-9)19-3/h4-8H,16H2,1-3H3,(H,17,18). The predicted molar refractivity (Wildman–Crippen MR) is 81.8 cm³/mol. The minimum atomic E-state index is -0.983. The fourth-order valence-electron chi connectivity index (χ4n) is 2.17. The Hall–Kier alpha value is -2.01. The maximum atomic E-state index is 11.3. The van der Waals surface area contributed by atoms with Gasteiger partial charge in [-0.15, -0.1) is 11.3 Å². The normalized spacial score (nSPS) is 10.8. The lowest BCUT2D eigenvalue weighted by molar-refractivity contribution is 0.0703. The number of benzene rings is 1. The molecule has 0 radical (unpaired) electrons. The number of carboxylic acids is 1. The number of rotatable bonds is 4. The second-order valence-corrected chi connectivity index (χ2v) is 5.80. The summed E-state index contributed by atoms with van der Waals surface area (Å²) in [6.45, 7) is 4.02. The van der Waals surface area contributed by atoms with Gasteiger partial charge < -0.3 is 15.6 Å². The highest BCUT2D eigenvalue weighted by Gasteiger charge is 2.23. The maximum absolute atomic E-state index is 11.3. The zero-order valence-corrected chi connectivity index (χ0v) is 12.5. The topological polar surface area (TPSA) is 72.5 Å². The van der Waals surface area contributed by atoms with Crippen LogP contribution in [0, 0.1) is 0 Å². The molecule has 0 aliphatic carbocycles. The van der Waals surface area contributed by atoms with Crippen LogP contribution in [0.4, 0.5) is 5.69 Å². The zero-order chi connectivity index (χ0) is 14.9. The summed E-state index contributed by atoms with van der Waals surface area (Å²) in [5.41, 5.74) is 8.20. The molecule has 0 saturated carbocycles. The highest BCUT2D eigenvalue weighted by Crippen LogP contribution is 2.43. The highest BCUT2D eigenvalue weighted by molar-refractivity contribution is 7.18. The van der Waals surface area contributed by atoms with Gasteiger partial charge >= 0.3 is 5.97 Å². The molecular weight excluding hydrogens is 274 g/mol. The first-order valence-electron chi connectivity index (χ1n) is 6.25. The van der Waals surface area contributed by atoms with Crippen molar-refractivity contribution >= 4 is 23.0 Å². The van der Waals surface area contributed by atoms with E-state index in [1.165, 1.54) is 11.3 Å². The first-order chi connectivity index (χ1) is 9.45. The van der Waals surface area contributed by atoms with Crippen molar-refractivity contribution in [3.63, 3.8) is 0 Å². The molecule has 1 aromatic heterocycles. The van der Waals surface area contributed by atoms with Crippen molar-refractivity contribution < 1.29 is 14.6 Å². The number of thiophene rings is 1. The second kappa shape index (κ2) is 5.54. The van der Waals surface area contributed by atoms with Gasteiger partial charge in [0.2, 0.25) is 0 Å². The Bertz CT molecular complexity index is 647. The summed E-state index contributed by atoms with van der Waals surface area (Å²) in [7, 11) is 1.61. The summed E-state index contributed by atoms with van der Waals surface area (Å²) in [5.74, 6) is -0.0925. The molecule has 2 aromatic rings. The molecule has 5 heteroatoms. The molecule has 0 aliphatic rings. The number of methoxy groups -OCH3 is 1. The van der Waals surface area contributed by atoms with Crippen LogP contribution in [0.25, 0.3) is 10.4 Å². The Balaban J connectivity index is 2.66. The van der Waals surface area contributed by atoms with E-state index in [1.807, 2.05) is 38.1 Å². The van der Waals surface area contributed by atoms with E-state index >= 15 is 0 Å². The molecule has 2 rings (SSSR count). The molecule has 0 aliphatic heterocycles. The van der Waals surface area contributed by atoms with E-state index in [2.05, 4.69) is 0 Å². The number of aromatic carboxylic acids is 1. The quantitative estimate of drug-likeness (QED) is 0.898. The van der Waals surface area contributed by atoms with Crippen molar-refractivity contribution in [2.75, 3.05) is 12.8 Å². The fraction of sp³-hybridized carbons (Fsp3) is 0.267. The van der Waals surface area contributed by atoms with Crippen molar-refractivity contribution in [2.24, 2.45) is 0 Å². The van der Waals surface area contributed by atoms with Crippen LogP contribution in [0.3, 0.4) is 0 Å². The number of carboxylic acid groups (broad SMARTS) is 1. The van der Waals surface area contributed by atoms with E-state index in [0.29, 0.717) is 5.69 Å². The van der Waals surface area contributed by atoms with Gasteiger partial charge in [0.25, 0.3) is 0 Å². The third-order valence-corrected chi connectivity index (χ3v) is 4.35. The minimum Gasteiger partial charge on any atom is -0.497 e. The molecule has 4 nitrogen and oxygen atoms in total. The van der Waals surface area contributed by atoms with Crippen molar-refractivity contribution in [1.82, 2.24) is 0 Å². The Labute approximate surface area is 121 Å². The van der Waals surface area contributed by atoms with Crippen LogP contribution in [0.1, 0.15) is 35.0 Å². The monoisotopic (exact) mass is 291 g/mol. The highest BCUT2D eigenvalue weighted by atomic mass is 32.1. The molecular formula is C15H17NO3S. The average Bonchev–Trinajstić information content (AvgIpc) is 2.76. The molecule has 0 bridgehead atoms. The van der Waals surface area contributed by atoms with Gasteiger partial charge in [0.1, 0.15) is 10.6 Å². The van der Waals surface area contributed by atoms with Crippen molar-refractivity contribution in [2.45, 2.75) is 19.8 Å². The lowest BCUT2D eigenvalue weighted by Gasteiger charge is -2.10.